The van der Waals surface area contributed by atoms with Gasteiger partial charge in [-0.2, -0.15) is 0 Å². The molecule has 2 N–H and O–H groups in total. The lowest BCUT2D eigenvalue weighted by atomic mass is 10.1. The summed E-state index contributed by atoms with van der Waals surface area (Å²) >= 11 is 3.40. The summed E-state index contributed by atoms with van der Waals surface area (Å²) in [5.41, 5.74) is 7.49. The first-order valence-electron chi connectivity index (χ1n) is 4.41. The highest BCUT2D eigenvalue weighted by Gasteiger charge is 2.14. The van der Waals surface area contributed by atoms with Gasteiger partial charge in [0.2, 0.25) is 0 Å². The van der Waals surface area contributed by atoms with Crippen LogP contribution < -0.4 is 5.73 Å². The molecular weight excluding hydrogens is 256 g/mol. The molecule has 0 radical (unpaired) electrons. The van der Waals surface area contributed by atoms with Gasteiger partial charge in [0, 0.05) is 23.1 Å². The molecule has 0 aliphatic rings. The minimum Gasteiger partial charge on any atom is -0.318 e. The molecule has 0 amide bonds. The fourth-order valence-electron chi connectivity index (χ4n) is 1.24. The largest absolute Gasteiger partial charge is 0.318 e. The van der Waals surface area contributed by atoms with Crippen molar-refractivity contribution in [2.45, 2.75) is 6.04 Å². The van der Waals surface area contributed by atoms with Crippen molar-refractivity contribution in [3.05, 3.63) is 52.8 Å². The molecule has 0 aliphatic carbocycles. The van der Waals surface area contributed by atoms with Gasteiger partial charge in [0.05, 0.1) is 23.6 Å². The minimum atomic E-state index is -0.353. The van der Waals surface area contributed by atoms with E-state index < -0.39 is 0 Å². The van der Waals surface area contributed by atoms with E-state index in [1.165, 1.54) is 0 Å². The average molecular weight is 265 g/mol. The number of nitrogens with two attached hydrogens (primary N) is 1. The Bertz CT molecular complexity index is 446. The zero-order valence-corrected chi connectivity index (χ0v) is 9.42. The maximum atomic E-state index is 6.02. The first-order chi connectivity index (χ1) is 7.29. The molecule has 0 saturated heterocycles. The fourth-order valence-corrected chi connectivity index (χ4v) is 1.74. The van der Waals surface area contributed by atoms with Crippen molar-refractivity contribution in [3.8, 4) is 0 Å². The minimum absolute atomic E-state index is 0.353. The Hall–Kier alpha value is -1.33. The van der Waals surface area contributed by atoms with Crippen molar-refractivity contribution in [3.63, 3.8) is 0 Å². The lowest BCUT2D eigenvalue weighted by Crippen LogP contribution is -2.15. The second kappa shape index (κ2) is 4.46. The van der Waals surface area contributed by atoms with Crippen LogP contribution in [0.4, 0.5) is 0 Å². The summed E-state index contributed by atoms with van der Waals surface area (Å²) in [6.07, 6.45) is 6.58. The fraction of sp³-hybridized carbons (Fsp3) is 0.100. The molecule has 0 saturated carbocycles. The SMILES string of the molecule is NC(c1cnccn1)c1ncccc1Br. The Balaban J connectivity index is 2.37. The molecule has 0 aliphatic heterocycles. The van der Waals surface area contributed by atoms with E-state index in [1.807, 2.05) is 12.1 Å². The summed E-state index contributed by atoms with van der Waals surface area (Å²) in [5.74, 6) is 0. The van der Waals surface area contributed by atoms with E-state index in [4.69, 9.17) is 5.73 Å². The van der Waals surface area contributed by atoms with Crippen LogP contribution in [0.1, 0.15) is 17.4 Å². The summed E-state index contributed by atoms with van der Waals surface area (Å²) in [7, 11) is 0. The predicted octanol–water partition coefficient (Wildman–Crippen LogP) is 1.68. The van der Waals surface area contributed by atoms with Crippen LogP contribution in [0.2, 0.25) is 0 Å². The highest BCUT2D eigenvalue weighted by atomic mass is 79.9. The van der Waals surface area contributed by atoms with E-state index in [-0.39, 0.29) is 6.04 Å². The van der Waals surface area contributed by atoms with Gasteiger partial charge in [0.15, 0.2) is 0 Å². The monoisotopic (exact) mass is 264 g/mol. The average Bonchev–Trinajstić information content (AvgIpc) is 2.30. The molecule has 4 nitrogen and oxygen atoms in total. The quantitative estimate of drug-likeness (QED) is 0.897. The molecule has 2 rings (SSSR count). The molecule has 2 aromatic heterocycles. The number of aromatic nitrogens is 3. The Labute approximate surface area is 95.7 Å². The maximum absolute atomic E-state index is 6.02. The molecule has 0 spiro atoms. The first kappa shape index (κ1) is 10.2. The third kappa shape index (κ3) is 2.19. The van der Waals surface area contributed by atoms with E-state index in [9.17, 15) is 0 Å². The summed E-state index contributed by atoms with van der Waals surface area (Å²) in [6, 6.07) is 3.39. The molecular formula is C10H9BrN4. The highest BCUT2D eigenvalue weighted by Crippen LogP contribution is 2.22. The van der Waals surface area contributed by atoms with Crippen molar-refractivity contribution in [2.75, 3.05) is 0 Å². The number of pyridine rings is 1. The molecule has 5 heteroatoms. The van der Waals surface area contributed by atoms with Crippen LogP contribution in [0.15, 0.2) is 41.4 Å². The molecule has 0 aromatic carbocycles. The molecule has 2 aromatic rings. The summed E-state index contributed by atoms with van der Waals surface area (Å²) < 4.78 is 0.878. The molecule has 1 atom stereocenters. The lowest BCUT2D eigenvalue weighted by Gasteiger charge is -2.10. The number of hydrogen-bond acceptors (Lipinski definition) is 4. The second-order valence-corrected chi connectivity index (χ2v) is 3.83. The van der Waals surface area contributed by atoms with Gasteiger partial charge in [0.1, 0.15) is 0 Å². The first-order valence-corrected chi connectivity index (χ1v) is 5.20. The maximum Gasteiger partial charge on any atom is 0.0927 e. The molecule has 0 fully saturated rings. The van der Waals surface area contributed by atoms with Gasteiger partial charge in [-0.25, -0.2) is 0 Å². The van der Waals surface area contributed by atoms with Crippen LogP contribution >= 0.6 is 15.9 Å². The van der Waals surface area contributed by atoms with Crippen LogP contribution in [0.5, 0.6) is 0 Å². The Morgan fingerprint density at radius 2 is 2.07 bits per heavy atom. The summed E-state index contributed by atoms with van der Waals surface area (Å²) in [6.45, 7) is 0. The van der Waals surface area contributed by atoms with Gasteiger partial charge in [-0.3, -0.25) is 15.0 Å². The van der Waals surface area contributed by atoms with Crippen molar-refractivity contribution in [1.29, 1.82) is 0 Å². The topological polar surface area (TPSA) is 64.7 Å². The zero-order valence-electron chi connectivity index (χ0n) is 7.84. The van der Waals surface area contributed by atoms with E-state index in [0.29, 0.717) is 5.69 Å². The Kier molecular flexibility index (Phi) is 3.03. The van der Waals surface area contributed by atoms with Crippen molar-refractivity contribution in [2.24, 2.45) is 5.73 Å². The number of rotatable bonds is 2. The molecule has 1 unspecified atom stereocenters. The summed E-state index contributed by atoms with van der Waals surface area (Å²) in [5, 5.41) is 0. The zero-order chi connectivity index (χ0) is 10.7. The second-order valence-electron chi connectivity index (χ2n) is 2.98. The van der Waals surface area contributed by atoms with Gasteiger partial charge >= 0.3 is 0 Å². The molecule has 15 heavy (non-hydrogen) atoms. The van der Waals surface area contributed by atoms with Crippen molar-refractivity contribution in [1.82, 2.24) is 15.0 Å². The molecule has 76 valence electrons. The van der Waals surface area contributed by atoms with Gasteiger partial charge < -0.3 is 5.73 Å². The van der Waals surface area contributed by atoms with E-state index in [1.54, 1.807) is 24.8 Å². The Morgan fingerprint density at radius 3 is 2.73 bits per heavy atom. The van der Waals surface area contributed by atoms with E-state index in [2.05, 4.69) is 30.9 Å². The standard InChI is InChI=1S/C10H9BrN4/c11-7-2-1-3-15-10(7)9(12)8-6-13-4-5-14-8/h1-6,9H,12H2. The third-order valence-corrected chi connectivity index (χ3v) is 2.65. The molecule has 2 heterocycles. The van der Waals surface area contributed by atoms with Crippen LogP contribution in [0.3, 0.4) is 0 Å². The van der Waals surface area contributed by atoms with Crippen LogP contribution in [0.25, 0.3) is 0 Å². The molecule has 0 bridgehead atoms. The third-order valence-electron chi connectivity index (χ3n) is 1.98. The Morgan fingerprint density at radius 1 is 1.20 bits per heavy atom. The van der Waals surface area contributed by atoms with Crippen molar-refractivity contribution < 1.29 is 0 Å². The van der Waals surface area contributed by atoms with Crippen LogP contribution in [0, 0.1) is 0 Å². The van der Waals surface area contributed by atoms with Gasteiger partial charge in [-0.1, -0.05) is 0 Å². The lowest BCUT2D eigenvalue weighted by molar-refractivity contribution is 0.780. The van der Waals surface area contributed by atoms with E-state index in [0.717, 1.165) is 10.2 Å². The van der Waals surface area contributed by atoms with Crippen LogP contribution in [-0.2, 0) is 0 Å². The number of nitrogens with zero attached hydrogens (tertiary/aromatic N) is 3. The highest BCUT2D eigenvalue weighted by molar-refractivity contribution is 9.10. The normalized spacial score (nSPS) is 12.4. The van der Waals surface area contributed by atoms with Gasteiger partial charge in [-0.15, -0.1) is 0 Å². The van der Waals surface area contributed by atoms with Gasteiger partial charge in [-0.05, 0) is 28.1 Å². The van der Waals surface area contributed by atoms with E-state index >= 15 is 0 Å². The van der Waals surface area contributed by atoms with Gasteiger partial charge in [0.25, 0.3) is 0 Å². The predicted molar refractivity (Wildman–Crippen MR) is 60.0 cm³/mol. The van der Waals surface area contributed by atoms with Crippen molar-refractivity contribution >= 4 is 15.9 Å². The smallest absolute Gasteiger partial charge is 0.0927 e. The summed E-state index contributed by atoms with van der Waals surface area (Å²) in [4.78, 5) is 12.3. The number of hydrogen-bond donors (Lipinski definition) is 1. The van der Waals surface area contributed by atoms with Crippen LogP contribution in [-0.4, -0.2) is 15.0 Å². The number of halogens is 1.